The van der Waals surface area contributed by atoms with Crippen LogP contribution in [-0.4, -0.2) is 27.0 Å². The number of hydrogen-bond acceptors (Lipinski definition) is 4. The van der Waals surface area contributed by atoms with Gasteiger partial charge in [0, 0.05) is 23.0 Å². The first-order valence-corrected chi connectivity index (χ1v) is 8.56. The van der Waals surface area contributed by atoms with Crippen LogP contribution in [0.15, 0.2) is 41.7 Å². The van der Waals surface area contributed by atoms with Gasteiger partial charge >= 0.3 is 35.7 Å². The zero-order chi connectivity index (χ0) is 18.0. The van der Waals surface area contributed by atoms with Crippen molar-refractivity contribution in [1.29, 1.82) is 0 Å². The van der Waals surface area contributed by atoms with Crippen molar-refractivity contribution in [1.82, 2.24) is 15.0 Å². The summed E-state index contributed by atoms with van der Waals surface area (Å²) in [6.45, 7) is 0.199. The molecule has 5 nitrogen and oxygen atoms in total. The molecule has 2 aromatic heterocycles. The molecule has 0 radical (unpaired) electrons. The molecule has 0 fully saturated rings. The zero-order valence-electron chi connectivity index (χ0n) is 14.1. The van der Waals surface area contributed by atoms with Crippen LogP contribution in [0.3, 0.4) is 0 Å². The Labute approximate surface area is 172 Å². The van der Waals surface area contributed by atoms with Gasteiger partial charge < -0.3 is 14.7 Å². The van der Waals surface area contributed by atoms with E-state index in [4.69, 9.17) is 4.74 Å². The van der Waals surface area contributed by atoms with Crippen LogP contribution in [0, 0.1) is 6.92 Å². The SMILES string of the molecule is Cc1cnc(CS(=O)c2nc3ccccc3[n-]2)cc1OCC(F)(F)F.[Na+]. The largest absolute Gasteiger partial charge is 1.00 e. The summed E-state index contributed by atoms with van der Waals surface area (Å²) in [5.41, 5.74) is 2.08. The molecule has 2 heterocycles. The van der Waals surface area contributed by atoms with Gasteiger partial charge in [-0.2, -0.15) is 13.2 Å². The van der Waals surface area contributed by atoms with Gasteiger partial charge in [0.05, 0.1) is 22.2 Å². The monoisotopic (exact) mass is 391 g/mol. The van der Waals surface area contributed by atoms with E-state index in [9.17, 15) is 17.4 Å². The van der Waals surface area contributed by atoms with Crippen LogP contribution in [0.5, 0.6) is 5.75 Å². The number of rotatable bonds is 5. The second-order valence-corrected chi connectivity index (χ2v) is 6.67. The topological polar surface area (TPSA) is 66.2 Å². The van der Waals surface area contributed by atoms with Gasteiger partial charge in [-0.15, -0.1) is 0 Å². The normalized spacial score (nSPS) is 12.6. The van der Waals surface area contributed by atoms with E-state index in [-0.39, 0.29) is 46.2 Å². The van der Waals surface area contributed by atoms with Crippen molar-refractivity contribution in [2.45, 2.75) is 24.0 Å². The van der Waals surface area contributed by atoms with Crippen molar-refractivity contribution >= 4 is 21.8 Å². The number of para-hydroxylation sites is 2. The molecule has 0 bridgehead atoms. The molecule has 26 heavy (non-hydrogen) atoms. The Kier molecular flexibility index (Phi) is 6.84. The average Bonchev–Trinajstić information content (AvgIpc) is 2.99. The Morgan fingerprint density at radius 2 is 2.00 bits per heavy atom. The first-order chi connectivity index (χ1) is 11.8. The smallest absolute Gasteiger partial charge is 0.484 e. The molecule has 1 aromatic carbocycles. The van der Waals surface area contributed by atoms with Gasteiger partial charge in [-0.05, 0) is 18.0 Å². The fraction of sp³-hybridized carbons (Fsp3) is 0.250. The minimum atomic E-state index is -4.43. The van der Waals surface area contributed by atoms with Gasteiger partial charge in [0.25, 0.3) is 0 Å². The number of aryl methyl sites for hydroxylation is 1. The number of aromatic nitrogens is 3. The second-order valence-electron chi connectivity index (χ2n) is 5.33. The molecule has 3 rings (SSSR count). The third-order valence-corrected chi connectivity index (χ3v) is 4.45. The Balaban J connectivity index is 0.00000243. The summed E-state index contributed by atoms with van der Waals surface area (Å²) in [6.07, 6.45) is -3.04. The Morgan fingerprint density at radius 3 is 2.69 bits per heavy atom. The first kappa shape index (κ1) is 20.9. The molecular formula is C16H13F3N3NaO2S. The van der Waals surface area contributed by atoms with E-state index in [0.717, 1.165) is 0 Å². The van der Waals surface area contributed by atoms with Gasteiger partial charge in [-0.25, -0.2) is 0 Å². The first-order valence-electron chi connectivity index (χ1n) is 7.25. The minimum absolute atomic E-state index is 0. The molecular weight excluding hydrogens is 378 g/mol. The summed E-state index contributed by atoms with van der Waals surface area (Å²) in [5.74, 6) is 0.0480. The van der Waals surface area contributed by atoms with E-state index >= 15 is 0 Å². The molecule has 0 aliphatic carbocycles. The van der Waals surface area contributed by atoms with Gasteiger partial charge in [-0.1, -0.05) is 24.3 Å². The minimum Gasteiger partial charge on any atom is -0.484 e. The van der Waals surface area contributed by atoms with E-state index in [2.05, 4.69) is 15.0 Å². The fourth-order valence-electron chi connectivity index (χ4n) is 2.12. The molecule has 10 heteroatoms. The van der Waals surface area contributed by atoms with Crippen molar-refractivity contribution in [2.75, 3.05) is 6.61 Å². The van der Waals surface area contributed by atoms with Gasteiger partial charge in [0.2, 0.25) is 0 Å². The van der Waals surface area contributed by atoms with Gasteiger partial charge in [0.15, 0.2) is 6.61 Å². The Morgan fingerprint density at radius 1 is 1.27 bits per heavy atom. The number of benzene rings is 1. The van der Waals surface area contributed by atoms with Crippen molar-refractivity contribution in [2.24, 2.45) is 0 Å². The summed E-state index contributed by atoms with van der Waals surface area (Å²) < 4.78 is 54.1. The van der Waals surface area contributed by atoms with Gasteiger partial charge in [0.1, 0.15) is 5.75 Å². The number of alkyl halides is 3. The zero-order valence-corrected chi connectivity index (χ0v) is 16.9. The molecule has 3 aromatic rings. The molecule has 132 valence electrons. The predicted octanol–water partition coefficient (Wildman–Crippen LogP) is 0.148. The number of ether oxygens (including phenoxy) is 1. The number of pyridine rings is 1. The number of hydrogen-bond donors (Lipinski definition) is 0. The summed E-state index contributed by atoms with van der Waals surface area (Å²) >= 11 is 0. The molecule has 0 aliphatic rings. The van der Waals surface area contributed by atoms with Crippen LogP contribution in [0.4, 0.5) is 13.2 Å². The molecule has 0 N–H and O–H groups in total. The Bertz CT molecular complexity index is 897. The summed E-state index contributed by atoms with van der Waals surface area (Å²) in [7, 11) is -1.57. The third kappa shape index (κ3) is 5.29. The van der Waals surface area contributed by atoms with Crippen LogP contribution < -0.4 is 39.3 Å². The maximum Gasteiger partial charge on any atom is 1.00 e. The maximum absolute atomic E-state index is 12.4. The standard InChI is InChI=1S/C16H13F3N3O2S.Na/c1-10-7-20-11(6-14(10)24-9-16(17,18)19)8-25(23)15-21-12-4-2-3-5-13(12)22-15;/h2-7H,8-9H2,1H3;/q-1;+1. The molecule has 0 amide bonds. The molecule has 0 saturated heterocycles. The summed E-state index contributed by atoms with van der Waals surface area (Å²) in [6, 6.07) is 8.49. The predicted molar refractivity (Wildman–Crippen MR) is 85.7 cm³/mol. The number of halogens is 3. The van der Waals surface area contributed by atoms with Gasteiger partial charge in [-0.3, -0.25) is 9.19 Å². The molecule has 0 saturated carbocycles. The van der Waals surface area contributed by atoms with Crippen LogP contribution >= 0.6 is 0 Å². The second kappa shape index (κ2) is 8.51. The van der Waals surface area contributed by atoms with E-state index in [0.29, 0.717) is 22.3 Å². The molecule has 0 aliphatic heterocycles. The number of nitrogens with zero attached hydrogens (tertiary/aromatic N) is 3. The van der Waals surface area contributed by atoms with Crippen molar-refractivity contribution < 1.29 is 51.7 Å². The fourth-order valence-corrected chi connectivity index (χ4v) is 3.08. The third-order valence-electron chi connectivity index (χ3n) is 3.30. The van der Waals surface area contributed by atoms with E-state index in [1.807, 2.05) is 0 Å². The quantitative estimate of drug-likeness (QED) is 0.580. The Hall–Kier alpha value is -1.42. The van der Waals surface area contributed by atoms with Crippen molar-refractivity contribution in [3.8, 4) is 5.75 Å². The number of fused-ring (bicyclic) bond motifs is 1. The number of imidazole rings is 1. The average molecular weight is 391 g/mol. The van der Waals surface area contributed by atoms with Crippen molar-refractivity contribution in [3.05, 3.63) is 47.8 Å². The molecule has 0 spiro atoms. The molecule has 1 atom stereocenters. The van der Waals surface area contributed by atoms with Crippen molar-refractivity contribution in [3.63, 3.8) is 0 Å². The van der Waals surface area contributed by atoms with Crippen LogP contribution in [0.25, 0.3) is 11.0 Å². The van der Waals surface area contributed by atoms with Crippen LogP contribution in [-0.2, 0) is 16.6 Å². The van der Waals surface area contributed by atoms with E-state index in [1.165, 1.54) is 12.3 Å². The van der Waals surface area contributed by atoms with E-state index < -0.39 is 23.6 Å². The van der Waals surface area contributed by atoms with Crippen LogP contribution in [0.1, 0.15) is 11.3 Å². The van der Waals surface area contributed by atoms with E-state index in [1.54, 1.807) is 31.2 Å². The molecule has 1 unspecified atom stereocenters. The van der Waals surface area contributed by atoms with Crippen LogP contribution in [0.2, 0.25) is 0 Å². The maximum atomic E-state index is 12.4. The summed E-state index contributed by atoms with van der Waals surface area (Å²) in [5, 5.41) is 0.168. The summed E-state index contributed by atoms with van der Waals surface area (Å²) in [4.78, 5) is 12.5.